The maximum absolute atomic E-state index is 12.4. The summed E-state index contributed by atoms with van der Waals surface area (Å²) in [5.74, 6) is 0.497. The van der Waals surface area contributed by atoms with Gasteiger partial charge in [0.05, 0.1) is 23.4 Å². The zero-order valence-corrected chi connectivity index (χ0v) is 16.6. The minimum atomic E-state index is -0.0442. The molecule has 1 aromatic heterocycles. The van der Waals surface area contributed by atoms with Crippen LogP contribution < -0.4 is 5.32 Å². The topological polar surface area (TPSA) is 51.2 Å². The molecule has 1 N–H and O–H groups in total. The number of rotatable bonds is 8. The number of ether oxygens (including phenoxy) is 1. The largest absolute Gasteiger partial charge is 0.374 e. The fourth-order valence-electron chi connectivity index (χ4n) is 2.38. The molecule has 0 unspecified atom stereocenters. The molecule has 0 atom stereocenters. The van der Waals surface area contributed by atoms with Crippen LogP contribution in [-0.4, -0.2) is 17.0 Å². The molecule has 25 heavy (non-hydrogen) atoms. The highest BCUT2D eigenvalue weighted by Gasteiger charge is 2.15. The van der Waals surface area contributed by atoms with Crippen molar-refractivity contribution in [3.05, 3.63) is 51.0 Å². The van der Waals surface area contributed by atoms with Crippen LogP contribution in [0.2, 0.25) is 0 Å². The third-order valence-electron chi connectivity index (χ3n) is 3.69. The SMILES string of the molecule is Cc1nc(CC(C)C)sc1C(=O)NCc1ccc(COC(C)C)cc1. The maximum Gasteiger partial charge on any atom is 0.263 e. The van der Waals surface area contributed by atoms with Crippen molar-refractivity contribution in [1.82, 2.24) is 10.3 Å². The first-order valence-corrected chi connectivity index (χ1v) is 9.60. The van der Waals surface area contributed by atoms with Crippen molar-refractivity contribution in [3.8, 4) is 0 Å². The number of benzene rings is 1. The van der Waals surface area contributed by atoms with Crippen LogP contribution in [0.25, 0.3) is 0 Å². The molecule has 4 nitrogen and oxygen atoms in total. The van der Waals surface area contributed by atoms with Gasteiger partial charge >= 0.3 is 0 Å². The number of thiazole rings is 1. The predicted octanol–water partition coefficient (Wildman–Crippen LogP) is 4.51. The summed E-state index contributed by atoms with van der Waals surface area (Å²) in [6.07, 6.45) is 1.14. The quantitative estimate of drug-likeness (QED) is 0.754. The molecule has 0 fully saturated rings. The van der Waals surface area contributed by atoms with Crippen molar-refractivity contribution < 1.29 is 9.53 Å². The number of aromatic nitrogens is 1. The van der Waals surface area contributed by atoms with Gasteiger partial charge in [-0.3, -0.25) is 4.79 Å². The molecule has 0 bridgehead atoms. The van der Waals surface area contributed by atoms with E-state index in [1.54, 1.807) is 0 Å². The Balaban J connectivity index is 1.90. The van der Waals surface area contributed by atoms with Gasteiger partial charge in [-0.1, -0.05) is 38.1 Å². The van der Waals surface area contributed by atoms with Gasteiger partial charge < -0.3 is 10.1 Å². The third-order valence-corrected chi connectivity index (χ3v) is 4.87. The molecule has 1 aromatic carbocycles. The van der Waals surface area contributed by atoms with Gasteiger partial charge in [-0.05, 0) is 37.8 Å². The summed E-state index contributed by atoms with van der Waals surface area (Å²) >= 11 is 1.50. The van der Waals surface area contributed by atoms with Gasteiger partial charge in [0, 0.05) is 13.0 Å². The zero-order chi connectivity index (χ0) is 18.4. The van der Waals surface area contributed by atoms with Crippen LogP contribution in [0.4, 0.5) is 0 Å². The molecule has 2 rings (SSSR count). The molecule has 136 valence electrons. The maximum atomic E-state index is 12.4. The molecule has 1 amide bonds. The van der Waals surface area contributed by atoms with Gasteiger partial charge in [-0.15, -0.1) is 11.3 Å². The van der Waals surface area contributed by atoms with E-state index in [2.05, 4.69) is 24.1 Å². The molecule has 0 aliphatic carbocycles. The van der Waals surface area contributed by atoms with Crippen molar-refractivity contribution in [2.24, 2.45) is 5.92 Å². The van der Waals surface area contributed by atoms with Crippen molar-refractivity contribution >= 4 is 17.2 Å². The van der Waals surface area contributed by atoms with Gasteiger partial charge in [0.2, 0.25) is 0 Å². The van der Waals surface area contributed by atoms with Crippen LogP contribution in [-0.2, 0) is 24.3 Å². The second kappa shape index (κ2) is 9.11. The molecule has 0 aliphatic rings. The smallest absolute Gasteiger partial charge is 0.263 e. The van der Waals surface area contributed by atoms with Gasteiger partial charge in [-0.2, -0.15) is 0 Å². The molecule has 0 saturated heterocycles. The van der Waals surface area contributed by atoms with Crippen LogP contribution in [0.1, 0.15) is 59.2 Å². The van der Waals surface area contributed by atoms with Crippen LogP contribution in [0, 0.1) is 12.8 Å². The van der Waals surface area contributed by atoms with E-state index in [0.29, 0.717) is 19.1 Å². The Morgan fingerprint density at radius 1 is 1.16 bits per heavy atom. The summed E-state index contributed by atoms with van der Waals surface area (Å²) in [5.41, 5.74) is 3.03. The van der Waals surface area contributed by atoms with E-state index in [-0.39, 0.29) is 12.0 Å². The molecule has 0 saturated carbocycles. The van der Waals surface area contributed by atoms with Gasteiger partial charge in [0.15, 0.2) is 0 Å². The molecule has 0 aliphatic heterocycles. The Bertz CT molecular complexity index is 690. The molecule has 2 aromatic rings. The van der Waals surface area contributed by atoms with Gasteiger partial charge in [-0.25, -0.2) is 4.98 Å². The molecular formula is C20H28N2O2S. The average Bonchev–Trinajstić information content (AvgIpc) is 2.91. The highest BCUT2D eigenvalue weighted by atomic mass is 32.1. The first kappa shape index (κ1) is 19.6. The molecule has 5 heteroatoms. The van der Waals surface area contributed by atoms with Crippen molar-refractivity contribution in [1.29, 1.82) is 0 Å². The summed E-state index contributed by atoms with van der Waals surface area (Å²) < 4.78 is 5.59. The second-order valence-electron chi connectivity index (χ2n) is 6.98. The lowest BCUT2D eigenvalue weighted by Crippen LogP contribution is -2.22. The van der Waals surface area contributed by atoms with E-state index in [0.717, 1.165) is 33.1 Å². The molecular weight excluding hydrogens is 332 g/mol. The van der Waals surface area contributed by atoms with Crippen LogP contribution in [0.15, 0.2) is 24.3 Å². The number of hydrogen-bond donors (Lipinski definition) is 1. The van der Waals surface area contributed by atoms with Gasteiger partial charge in [0.1, 0.15) is 4.88 Å². The fraction of sp³-hybridized carbons (Fsp3) is 0.500. The monoisotopic (exact) mass is 360 g/mol. The van der Waals surface area contributed by atoms with Crippen LogP contribution >= 0.6 is 11.3 Å². The van der Waals surface area contributed by atoms with E-state index in [1.165, 1.54) is 11.3 Å². The van der Waals surface area contributed by atoms with Crippen LogP contribution in [0.5, 0.6) is 0 Å². The summed E-state index contributed by atoms with van der Waals surface area (Å²) in [6.45, 7) is 11.4. The Morgan fingerprint density at radius 2 is 1.80 bits per heavy atom. The highest BCUT2D eigenvalue weighted by Crippen LogP contribution is 2.20. The van der Waals surface area contributed by atoms with Gasteiger partial charge in [0.25, 0.3) is 5.91 Å². The lowest BCUT2D eigenvalue weighted by molar-refractivity contribution is 0.0657. The average molecular weight is 361 g/mol. The number of hydrogen-bond acceptors (Lipinski definition) is 4. The first-order chi connectivity index (χ1) is 11.8. The number of carbonyl (C=O) groups is 1. The minimum absolute atomic E-state index is 0.0442. The summed E-state index contributed by atoms with van der Waals surface area (Å²) in [6, 6.07) is 8.15. The number of carbonyl (C=O) groups excluding carboxylic acids is 1. The molecule has 1 heterocycles. The second-order valence-corrected chi connectivity index (χ2v) is 8.06. The van der Waals surface area contributed by atoms with E-state index in [4.69, 9.17) is 4.74 Å². The number of nitrogens with zero attached hydrogens (tertiary/aromatic N) is 1. The minimum Gasteiger partial charge on any atom is -0.374 e. The Hall–Kier alpha value is -1.72. The summed E-state index contributed by atoms with van der Waals surface area (Å²) in [4.78, 5) is 17.7. The van der Waals surface area contributed by atoms with Crippen molar-refractivity contribution in [3.63, 3.8) is 0 Å². The Kier molecular flexibility index (Phi) is 7.14. The summed E-state index contributed by atoms with van der Waals surface area (Å²) in [7, 11) is 0. The highest BCUT2D eigenvalue weighted by molar-refractivity contribution is 7.13. The summed E-state index contributed by atoms with van der Waals surface area (Å²) in [5, 5.41) is 4.03. The van der Waals surface area contributed by atoms with Crippen molar-refractivity contribution in [2.75, 3.05) is 0 Å². The fourth-order valence-corrected chi connectivity index (χ4v) is 3.57. The number of nitrogens with one attached hydrogen (secondary N) is 1. The molecule has 0 radical (unpaired) electrons. The standard InChI is InChI=1S/C20H28N2O2S/c1-13(2)10-18-22-15(5)19(25-18)20(23)21-11-16-6-8-17(9-7-16)12-24-14(3)4/h6-9,13-14H,10-12H2,1-5H3,(H,21,23). The lowest BCUT2D eigenvalue weighted by Gasteiger charge is -2.09. The molecule has 0 spiro atoms. The van der Waals surface area contributed by atoms with E-state index in [1.807, 2.05) is 45.0 Å². The zero-order valence-electron chi connectivity index (χ0n) is 15.8. The van der Waals surface area contributed by atoms with E-state index < -0.39 is 0 Å². The third kappa shape index (κ3) is 6.25. The normalized spacial score (nSPS) is 11.3. The van der Waals surface area contributed by atoms with Crippen LogP contribution in [0.3, 0.4) is 0 Å². The Labute approximate surface area is 154 Å². The predicted molar refractivity (Wildman–Crippen MR) is 103 cm³/mol. The number of aryl methyl sites for hydroxylation is 1. The Morgan fingerprint density at radius 3 is 2.40 bits per heavy atom. The van der Waals surface area contributed by atoms with Crippen molar-refractivity contribution in [2.45, 2.75) is 60.3 Å². The number of amides is 1. The first-order valence-electron chi connectivity index (χ1n) is 8.79. The lowest BCUT2D eigenvalue weighted by atomic mass is 10.1. The van der Waals surface area contributed by atoms with E-state index in [9.17, 15) is 4.79 Å². The van der Waals surface area contributed by atoms with E-state index >= 15 is 0 Å².